The maximum atomic E-state index is 11.4. The maximum Gasteiger partial charge on any atom is 0.292 e. The molecule has 4 rings (SSSR count). The van der Waals surface area contributed by atoms with Crippen molar-refractivity contribution in [1.82, 2.24) is 0 Å². The predicted molar refractivity (Wildman–Crippen MR) is 94.1 cm³/mol. The van der Waals surface area contributed by atoms with Gasteiger partial charge in [-0.25, -0.2) is 0 Å². The molecule has 128 valence electrons. The topological polar surface area (TPSA) is 84.6 Å². The van der Waals surface area contributed by atoms with Gasteiger partial charge in [0.15, 0.2) is 11.5 Å². The number of nitro groups is 1. The Kier molecular flexibility index (Phi) is 3.60. The van der Waals surface area contributed by atoms with Crippen molar-refractivity contribution in [3.8, 4) is 11.5 Å². The summed E-state index contributed by atoms with van der Waals surface area (Å²) in [6.45, 7) is 0. The highest BCUT2D eigenvalue weighted by molar-refractivity contribution is 5.71. The van der Waals surface area contributed by atoms with Crippen LogP contribution in [0.4, 0.5) is 11.4 Å². The molecule has 3 unspecified atom stereocenters. The van der Waals surface area contributed by atoms with Crippen LogP contribution in [0, 0.1) is 16.0 Å². The van der Waals surface area contributed by atoms with Gasteiger partial charge in [-0.15, -0.1) is 0 Å². The van der Waals surface area contributed by atoms with Crippen LogP contribution < -0.4 is 10.1 Å². The summed E-state index contributed by atoms with van der Waals surface area (Å²) in [4.78, 5) is 11.1. The number of nitro benzene ring substituents is 1. The number of phenolic OH excluding ortho intramolecular Hbond substituents is 1. The first-order valence-corrected chi connectivity index (χ1v) is 8.17. The lowest BCUT2D eigenvalue weighted by Crippen LogP contribution is -2.29. The van der Waals surface area contributed by atoms with E-state index in [1.807, 2.05) is 12.1 Å². The quantitative estimate of drug-likeness (QED) is 0.499. The van der Waals surface area contributed by atoms with Crippen LogP contribution in [0.2, 0.25) is 0 Å². The number of hydrogen-bond donors (Lipinski definition) is 2. The lowest BCUT2D eigenvalue weighted by atomic mass is 9.76. The normalized spacial score (nSPS) is 23.5. The van der Waals surface area contributed by atoms with Crippen molar-refractivity contribution < 1.29 is 14.8 Å². The highest BCUT2D eigenvalue weighted by Gasteiger charge is 2.40. The van der Waals surface area contributed by atoms with Crippen LogP contribution in [-0.4, -0.2) is 17.1 Å². The number of nitrogens with zero attached hydrogens (tertiary/aromatic N) is 1. The summed E-state index contributed by atoms with van der Waals surface area (Å²) in [6.07, 6.45) is 5.17. The van der Waals surface area contributed by atoms with Crippen molar-refractivity contribution in [3.05, 3.63) is 69.8 Å². The highest BCUT2D eigenvalue weighted by Crippen LogP contribution is 2.52. The first-order chi connectivity index (χ1) is 12.1. The second kappa shape index (κ2) is 5.81. The molecule has 3 atom stereocenters. The Bertz CT molecular complexity index is 878. The first kappa shape index (κ1) is 15.5. The van der Waals surface area contributed by atoms with Crippen molar-refractivity contribution in [2.75, 3.05) is 12.4 Å². The molecule has 2 aromatic rings. The van der Waals surface area contributed by atoms with Gasteiger partial charge in [0.1, 0.15) is 5.69 Å². The molecule has 0 amide bonds. The van der Waals surface area contributed by atoms with Gasteiger partial charge in [0.25, 0.3) is 5.69 Å². The van der Waals surface area contributed by atoms with Crippen LogP contribution in [0.25, 0.3) is 0 Å². The predicted octanol–water partition coefficient (Wildman–Crippen LogP) is 4.14. The van der Waals surface area contributed by atoms with E-state index in [0.29, 0.717) is 11.4 Å². The molecule has 1 aliphatic heterocycles. The van der Waals surface area contributed by atoms with E-state index < -0.39 is 0 Å². The summed E-state index contributed by atoms with van der Waals surface area (Å²) >= 11 is 0. The molecule has 6 heteroatoms. The zero-order valence-electron chi connectivity index (χ0n) is 13.7. The summed E-state index contributed by atoms with van der Waals surface area (Å²) in [5.74, 6) is 0.884. The molecule has 0 aromatic heterocycles. The van der Waals surface area contributed by atoms with Gasteiger partial charge in [-0.05, 0) is 35.6 Å². The molecule has 0 spiro atoms. The minimum absolute atomic E-state index is 0.0783. The van der Waals surface area contributed by atoms with Crippen molar-refractivity contribution in [3.63, 3.8) is 0 Å². The first-order valence-electron chi connectivity index (χ1n) is 8.17. The second-order valence-corrected chi connectivity index (χ2v) is 6.41. The monoisotopic (exact) mass is 338 g/mol. The number of anilines is 1. The van der Waals surface area contributed by atoms with E-state index in [2.05, 4.69) is 17.5 Å². The third-order valence-corrected chi connectivity index (χ3v) is 5.13. The van der Waals surface area contributed by atoms with E-state index in [-0.39, 0.29) is 34.2 Å². The molecule has 2 N–H and O–H groups in total. The van der Waals surface area contributed by atoms with Gasteiger partial charge in [-0.1, -0.05) is 30.4 Å². The molecule has 2 aromatic carbocycles. The summed E-state index contributed by atoms with van der Waals surface area (Å²) in [5.41, 5.74) is 2.58. The Balaban J connectivity index is 1.83. The zero-order chi connectivity index (χ0) is 17.6. The summed E-state index contributed by atoms with van der Waals surface area (Å²) in [6, 6.07) is 10.4. The Morgan fingerprint density at radius 1 is 1.32 bits per heavy atom. The number of phenols is 1. The average Bonchev–Trinajstić information content (AvgIpc) is 3.11. The van der Waals surface area contributed by atoms with E-state index in [1.165, 1.54) is 13.2 Å². The summed E-state index contributed by atoms with van der Waals surface area (Å²) < 4.78 is 5.22. The second-order valence-electron chi connectivity index (χ2n) is 6.41. The van der Waals surface area contributed by atoms with Gasteiger partial charge < -0.3 is 15.2 Å². The Hall–Kier alpha value is -3.02. The zero-order valence-corrected chi connectivity index (χ0v) is 13.7. The number of allylic oxidation sites excluding steroid dienone is 2. The lowest BCUT2D eigenvalue weighted by molar-refractivity contribution is -0.384. The van der Waals surface area contributed by atoms with Gasteiger partial charge in [0.05, 0.1) is 18.1 Å². The van der Waals surface area contributed by atoms with Crippen LogP contribution in [0.1, 0.15) is 29.5 Å². The van der Waals surface area contributed by atoms with Crippen molar-refractivity contribution in [2.45, 2.75) is 18.4 Å². The number of para-hydroxylation sites is 1. The summed E-state index contributed by atoms with van der Waals surface area (Å²) in [7, 11) is 1.51. The van der Waals surface area contributed by atoms with Gasteiger partial charge >= 0.3 is 0 Å². The minimum atomic E-state index is -0.348. The van der Waals surface area contributed by atoms with Crippen LogP contribution in [-0.2, 0) is 0 Å². The van der Waals surface area contributed by atoms with Gasteiger partial charge in [-0.3, -0.25) is 10.1 Å². The number of hydrogen-bond acceptors (Lipinski definition) is 5. The Morgan fingerprint density at radius 2 is 2.16 bits per heavy atom. The number of rotatable bonds is 3. The average molecular weight is 338 g/mol. The highest BCUT2D eigenvalue weighted by atomic mass is 16.6. The van der Waals surface area contributed by atoms with Gasteiger partial charge in [-0.2, -0.15) is 0 Å². The van der Waals surface area contributed by atoms with E-state index >= 15 is 0 Å². The molecule has 0 bridgehead atoms. The fourth-order valence-corrected chi connectivity index (χ4v) is 3.97. The molecule has 6 nitrogen and oxygen atoms in total. The lowest BCUT2D eigenvalue weighted by Gasteiger charge is -2.37. The molecular formula is C19H18N2O4. The smallest absolute Gasteiger partial charge is 0.292 e. The van der Waals surface area contributed by atoms with Crippen molar-refractivity contribution >= 4 is 11.4 Å². The third-order valence-electron chi connectivity index (χ3n) is 5.13. The molecule has 0 saturated heterocycles. The molecule has 1 heterocycles. The third kappa shape index (κ3) is 2.41. The van der Waals surface area contributed by atoms with E-state index in [9.17, 15) is 15.2 Å². The number of nitrogens with one attached hydrogen (secondary N) is 1. The number of aromatic hydroxyl groups is 1. The van der Waals surface area contributed by atoms with Crippen molar-refractivity contribution in [2.24, 2.45) is 5.92 Å². The van der Waals surface area contributed by atoms with E-state index in [4.69, 9.17) is 4.74 Å². The largest absolute Gasteiger partial charge is 0.504 e. The van der Waals surface area contributed by atoms with Crippen LogP contribution in [0.3, 0.4) is 0 Å². The number of benzene rings is 2. The standard InChI is InChI=1S/C19H18N2O4/c1-25-17-10-11(8-9-16(17)22)18-13-5-2-4-12(13)14-6-3-7-15(21(23)24)19(14)20-18/h2-4,6-10,12-13,18,20,22H,5H2,1H3. The maximum absolute atomic E-state index is 11.4. The van der Waals surface area contributed by atoms with Crippen LogP contribution in [0.5, 0.6) is 11.5 Å². The van der Waals surface area contributed by atoms with Crippen LogP contribution >= 0.6 is 0 Å². The fraction of sp³-hybridized carbons (Fsp3) is 0.263. The van der Waals surface area contributed by atoms with Gasteiger partial charge in [0, 0.05) is 12.0 Å². The van der Waals surface area contributed by atoms with E-state index in [0.717, 1.165) is 17.5 Å². The van der Waals surface area contributed by atoms with Crippen molar-refractivity contribution in [1.29, 1.82) is 0 Å². The number of methoxy groups -OCH3 is 1. The molecule has 0 radical (unpaired) electrons. The minimum Gasteiger partial charge on any atom is -0.504 e. The number of fused-ring (bicyclic) bond motifs is 3. The molecular weight excluding hydrogens is 320 g/mol. The molecule has 25 heavy (non-hydrogen) atoms. The Morgan fingerprint density at radius 3 is 2.92 bits per heavy atom. The fourth-order valence-electron chi connectivity index (χ4n) is 3.97. The number of ether oxygens (including phenoxy) is 1. The molecule has 1 aliphatic carbocycles. The molecule has 2 aliphatic rings. The van der Waals surface area contributed by atoms with E-state index in [1.54, 1.807) is 18.2 Å². The van der Waals surface area contributed by atoms with Crippen LogP contribution in [0.15, 0.2) is 48.6 Å². The summed E-state index contributed by atoms with van der Waals surface area (Å²) in [5, 5.41) is 24.7. The molecule has 0 fully saturated rings. The molecule has 0 saturated carbocycles. The Labute approximate surface area is 144 Å². The van der Waals surface area contributed by atoms with Gasteiger partial charge in [0.2, 0.25) is 0 Å². The SMILES string of the molecule is COc1cc(C2Nc3c(cccc3[N+](=O)[O-])C3C=CCC32)ccc1O.